The zero-order chi connectivity index (χ0) is 14.4. The highest BCUT2D eigenvalue weighted by atomic mass is 32.2. The third-order valence-electron chi connectivity index (χ3n) is 3.03. The largest absolute Gasteiger partial charge is 0.382 e. The maximum atomic E-state index is 5.81. The molecule has 1 aromatic carbocycles. The number of hydrogen-bond acceptors (Lipinski definition) is 6. The van der Waals surface area contributed by atoms with Crippen LogP contribution in [0.15, 0.2) is 35.2 Å². The molecule has 0 spiro atoms. The van der Waals surface area contributed by atoms with Crippen LogP contribution in [0.2, 0.25) is 0 Å². The predicted molar refractivity (Wildman–Crippen MR) is 91.1 cm³/mol. The molecule has 0 aliphatic rings. The van der Waals surface area contributed by atoms with E-state index in [9.17, 15) is 0 Å². The normalized spacial score (nSPS) is 10.5. The van der Waals surface area contributed by atoms with E-state index in [4.69, 9.17) is 5.73 Å². The van der Waals surface area contributed by atoms with Gasteiger partial charge in [-0.25, -0.2) is 0 Å². The lowest BCUT2D eigenvalue weighted by atomic mass is 10.3. The average Bonchev–Trinajstić information content (AvgIpc) is 2.84. The molecular weight excluding hydrogens is 288 g/mol. The van der Waals surface area contributed by atoms with Gasteiger partial charge >= 0.3 is 0 Å². The van der Waals surface area contributed by atoms with Gasteiger partial charge in [0.15, 0.2) is 5.82 Å². The molecule has 0 bridgehead atoms. The first kappa shape index (κ1) is 15.0. The topological polar surface area (TPSA) is 54.2 Å². The Morgan fingerprint density at radius 2 is 2.10 bits per heavy atom. The van der Waals surface area contributed by atoms with Gasteiger partial charge in [-0.05, 0) is 36.3 Å². The van der Waals surface area contributed by atoms with Crippen LogP contribution in [0.3, 0.4) is 0 Å². The van der Waals surface area contributed by atoms with Crippen LogP contribution in [0.1, 0.15) is 6.42 Å². The Kier molecular flexibility index (Phi) is 5.55. The van der Waals surface area contributed by atoms with Gasteiger partial charge in [-0.15, -0.1) is 11.8 Å². The van der Waals surface area contributed by atoms with Gasteiger partial charge in [-0.1, -0.05) is 18.2 Å². The molecule has 0 saturated heterocycles. The molecule has 0 aliphatic heterocycles. The van der Waals surface area contributed by atoms with Gasteiger partial charge < -0.3 is 16.0 Å². The zero-order valence-corrected chi connectivity index (χ0v) is 13.4. The lowest BCUT2D eigenvalue weighted by molar-refractivity contribution is 0.817. The fourth-order valence-corrected chi connectivity index (χ4v) is 3.50. The van der Waals surface area contributed by atoms with Crippen LogP contribution in [0.25, 0.3) is 0 Å². The Hall–Kier alpha value is -1.40. The average molecular weight is 308 g/mol. The number of benzene rings is 1. The number of para-hydroxylation sites is 1. The standard InChI is InChI=1S/C14H20N4S2/c1-18(11-7-4-3-5-8-11)10-6-9-16-14-12(19-2)13(15)17-20-14/h3-5,7-8,16H,6,9-10H2,1-2H3,(H2,15,17). The molecular formula is C14H20N4S2. The van der Waals surface area contributed by atoms with Crippen LogP contribution in [0, 0.1) is 0 Å². The van der Waals surface area contributed by atoms with Crippen LogP contribution in [0.5, 0.6) is 0 Å². The number of nitrogens with one attached hydrogen (secondary N) is 1. The maximum absolute atomic E-state index is 5.81. The maximum Gasteiger partial charge on any atom is 0.153 e. The summed E-state index contributed by atoms with van der Waals surface area (Å²) >= 11 is 3.08. The van der Waals surface area contributed by atoms with Crippen molar-refractivity contribution in [3.05, 3.63) is 30.3 Å². The molecule has 0 unspecified atom stereocenters. The summed E-state index contributed by atoms with van der Waals surface area (Å²) in [6.45, 7) is 1.94. The highest BCUT2D eigenvalue weighted by molar-refractivity contribution is 7.99. The summed E-state index contributed by atoms with van der Waals surface area (Å²) in [5.74, 6) is 0.631. The number of hydrogen-bond donors (Lipinski definition) is 2. The second-order valence-corrected chi connectivity index (χ2v) is 6.06. The van der Waals surface area contributed by atoms with E-state index >= 15 is 0 Å². The van der Waals surface area contributed by atoms with E-state index in [-0.39, 0.29) is 0 Å². The van der Waals surface area contributed by atoms with Crippen molar-refractivity contribution >= 4 is 39.8 Å². The van der Waals surface area contributed by atoms with Crippen molar-refractivity contribution in [1.82, 2.24) is 4.37 Å². The molecule has 4 nitrogen and oxygen atoms in total. The SMILES string of the molecule is CSc1c(N)nsc1NCCCN(C)c1ccccc1. The molecule has 0 fully saturated rings. The molecule has 2 aromatic rings. The van der Waals surface area contributed by atoms with Gasteiger partial charge in [0.25, 0.3) is 0 Å². The first-order valence-corrected chi connectivity index (χ1v) is 8.51. The highest BCUT2D eigenvalue weighted by Crippen LogP contribution is 2.34. The summed E-state index contributed by atoms with van der Waals surface area (Å²) in [5, 5.41) is 4.50. The number of thioether (sulfide) groups is 1. The number of aromatic nitrogens is 1. The first-order chi connectivity index (χ1) is 9.72. The summed E-state index contributed by atoms with van der Waals surface area (Å²) in [6.07, 6.45) is 3.09. The number of anilines is 3. The number of rotatable bonds is 7. The molecule has 0 atom stereocenters. The summed E-state index contributed by atoms with van der Waals surface area (Å²) in [5.41, 5.74) is 7.06. The van der Waals surface area contributed by atoms with Gasteiger partial charge in [-0.3, -0.25) is 0 Å². The van der Waals surface area contributed by atoms with Crippen molar-refractivity contribution in [2.75, 3.05) is 42.3 Å². The molecule has 6 heteroatoms. The Bertz CT molecular complexity index is 527. The lowest BCUT2D eigenvalue weighted by Gasteiger charge is -2.19. The predicted octanol–water partition coefficient (Wildman–Crippen LogP) is 3.39. The fourth-order valence-electron chi connectivity index (χ4n) is 1.93. The summed E-state index contributed by atoms with van der Waals surface area (Å²) in [6, 6.07) is 10.4. The van der Waals surface area contributed by atoms with Gasteiger partial charge in [-0.2, -0.15) is 4.37 Å². The highest BCUT2D eigenvalue weighted by Gasteiger charge is 2.09. The molecule has 108 valence electrons. The minimum absolute atomic E-state index is 0.631. The molecule has 0 radical (unpaired) electrons. The zero-order valence-electron chi connectivity index (χ0n) is 11.8. The molecule has 20 heavy (non-hydrogen) atoms. The van der Waals surface area contributed by atoms with E-state index in [1.54, 1.807) is 11.8 Å². The van der Waals surface area contributed by atoms with Crippen molar-refractivity contribution in [1.29, 1.82) is 0 Å². The summed E-state index contributed by atoms with van der Waals surface area (Å²) < 4.78 is 4.17. The Morgan fingerprint density at radius 3 is 2.80 bits per heavy atom. The van der Waals surface area contributed by atoms with Crippen LogP contribution in [-0.4, -0.2) is 30.8 Å². The molecule has 0 amide bonds. The van der Waals surface area contributed by atoms with Crippen molar-refractivity contribution in [3.63, 3.8) is 0 Å². The third kappa shape index (κ3) is 3.80. The Balaban J connectivity index is 1.76. The minimum atomic E-state index is 0.631. The Labute approximate surface area is 128 Å². The van der Waals surface area contributed by atoms with Gasteiger partial charge in [0, 0.05) is 25.8 Å². The third-order valence-corrected chi connectivity index (χ3v) is 4.80. The van der Waals surface area contributed by atoms with E-state index in [1.807, 2.05) is 12.3 Å². The van der Waals surface area contributed by atoms with E-state index in [2.05, 4.69) is 45.9 Å². The monoisotopic (exact) mass is 308 g/mol. The van der Waals surface area contributed by atoms with E-state index < -0.39 is 0 Å². The molecule has 0 aliphatic carbocycles. The number of nitrogen functional groups attached to an aromatic ring is 1. The van der Waals surface area contributed by atoms with Gasteiger partial charge in [0.2, 0.25) is 0 Å². The van der Waals surface area contributed by atoms with Gasteiger partial charge in [0.1, 0.15) is 5.00 Å². The van der Waals surface area contributed by atoms with Crippen molar-refractivity contribution in [3.8, 4) is 0 Å². The quantitative estimate of drug-likeness (QED) is 0.606. The molecule has 0 saturated carbocycles. The Morgan fingerprint density at radius 1 is 1.35 bits per heavy atom. The van der Waals surface area contributed by atoms with Crippen LogP contribution in [-0.2, 0) is 0 Å². The van der Waals surface area contributed by atoms with Crippen molar-refractivity contribution in [2.45, 2.75) is 11.3 Å². The van der Waals surface area contributed by atoms with Gasteiger partial charge in [0.05, 0.1) is 4.90 Å². The number of nitrogens with zero attached hydrogens (tertiary/aromatic N) is 2. The minimum Gasteiger partial charge on any atom is -0.382 e. The fraction of sp³-hybridized carbons (Fsp3) is 0.357. The van der Waals surface area contributed by atoms with Crippen LogP contribution < -0.4 is 16.0 Å². The molecule has 1 heterocycles. The number of nitrogens with two attached hydrogens (primary N) is 1. The molecule has 3 N–H and O–H groups in total. The second-order valence-electron chi connectivity index (χ2n) is 4.47. The van der Waals surface area contributed by atoms with E-state index in [0.29, 0.717) is 5.82 Å². The van der Waals surface area contributed by atoms with Crippen molar-refractivity contribution < 1.29 is 0 Å². The van der Waals surface area contributed by atoms with Crippen LogP contribution in [0.4, 0.5) is 16.5 Å². The van der Waals surface area contributed by atoms with Crippen molar-refractivity contribution in [2.24, 2.45) is 0 Å². The smallest absolute Gasteiger partial charge is 0.153 e. The molecule has 2 rings (SSSR count). The molecule has 1 aromatic heterocycles. The summed E-state index contributed by atoms with van der Waals surface area (Å²) in [4.78, 5) is 3.32. The lowest BCUT2D eigenvalue weighted by Crippen LogP contribution is -2.20. The van der Waals surface area contributed by atoms with Crippen LogP contribution >= 0.6 is 23.3 Å². The van der Waals surface area contributed by atoms with E-state index in [0.717, 1.165) is 29.4 Å². The first-order valence-electron chi connectivity index (χ1n) is 6.51. The van der Waals surface area contributed by atoms with E-state index in [1.165, 1.54) is 17.2 Å². The second kappa shape index (κ2) is 7.40. The summed E-state index contributed by atoms with van der Waals surface area (Å²) in [7, 11) is 2.12.